The van der Waals surface area contributed by atoms with Gasteiger partial charge in [0.2, 0.25) is 0 Å². The van der Waals surface area contributed by atoms with Crippen LogP contribution in [0.3, 0.4) is 0 Å². The van der Waals surface area contributed by atoms with E-state index in [1.54, 1.807) is 0 Å². The van der Waals surface area contributed by atoms with Gasteiger partial charge in [0, 0.05) is 21.1 Å². The molecule has 0 heterocycles. The first-order valence-corrected chi connectivity index (χ1v) is 1.80. The smallest absolute Gasteiger partial charge is 0 e. The fourth-order valence-electron chi connectivity index (χ4n) is 0. The van der Waals surface area contributed by atoms with Crippen molar-refractivity contribution in [3.8, 4) is 0 Å². The van der Waals surface area contributed by atoms with Crippen molar-refractivity contribution in [2.45, 2.75) is 0 Å². The van der Waals surface area contributed by atoms with Gasteiger partial charge in [-0.2, -0.15) is 0 Å². The third-order valence-electron chi connectivity index (χ3n) is 0. The summed E-state index contributed by atoms with van der Waals surface area (Å²) in [5.74, 6) is 0. The van der Waals surface area contributed by atoms with Crippen LogP contribution in [0.25, 0.3) is 0 Å². The van der Waals surface area contributed by atoms with Gasteiger partial charge in [-0.15, -0.1) is 23.3 Å². The molecule has 4 heteroatoms. The van der Waals surface area contributed by atoms with Crippen LogP contribution in [0.2, 0.25) is 0 Å². The van der Waals surface area contributed by atoms with Crippen LogP contribution in [-0.4, -0.2) is 5.48 Å². The topological polar surface area (TPSA) is 31.5 Å². The molecule has 0 aliphatic rings. The Morgan fingerprint density at radius 2 is 1.00 bits per heavy atom. The van der Waals surface area contributed by atoms with Crippen LogP contribution in [0.4, 0.5) is 0 Å². The van der Waals surface area contributed by atoms with Crippen molar-refractivity contribution in [3.05, 3.63) is 0 Å². The Labute approximate surface area is 50.0 Å². The van der Waals surface area contributed by atoms with Crippen molar-refractivity contribution in [2.24, 2.45) is 0 Å². The Balaban J connectivity index is -0.00000000500. The Bertz CT molecular complexity index is 6.00. The van der Waals surface area contributed by atoms with Crippen LogP contribution in [0.1, 0.15) is 0 Å². The number of thiol groups is 2. The monoisotopic (exact) mass is 268 g/mol. The summed E-state index contributed by atoms with van der Waals surface area (Å²) in [7, 11) is 0. The van der Waals surface area contributed by atoms with Crippen molar-refractivity contribution >= 4 is 23.3 Å². The molecule has 0 bridgehead atoms. The van der Waals surface area contributed by atoms with E-state index in [0.717, 1.165) is 0 Å². The molecule has 0 aliphatic carbocycles. The van der Waals surface area contributed by atoms with Gasteiger partial charge in [0.1, 0.15) is 0 Å². The molecule has 0 fully saturated rings. The summed E-state index contributed by atoms with van der Waals surface area (Å²) in [4.78, 5) is 0. The fourth-order valence-corrected chi connectivity index (χ4v) is 0. The van der Waals surface area contributed by atoms with Gasteiger partial charge in [-0.3, -0.25) is 0 Å². The third-order valence-corrected chi connectivity index (χ3v) is 0. The summed E-state index contributed by atoms with van der Waals surface area (Å²) in [5.41, 5.74) is 0. The van der Waals surface area contributed by atoms with E-state index in [1.807, 2.05) is 0 Å². The summed E-state index contributed by atoms with van der Waals surface area (Å²) >= 11 is 6.44. The first-order valence-electron chi connectivity index (χ1n) is 0.200. The largest absolute Gasteiger partial charge is 0.412 e. The van der Waals surface area contributed by atoms with Gasteiger partial charge < -0.3 is 5.48 Å². The summed E-state index contributed by atoms with van der Waals surface area (Å²) in [6.45, 7) is 0. The number of rotatable bonds is 0. The van der Waals surface area contributed by atoms with E-state index in [4.69, 9.17) is 0 Å². The molecule has 0 amide bonds. The number of hydrogen-bond donors (Lipinski definition) is 2. The van der Waals surface area contributed by atoms with Crippen LogP contribution in [0, 0.1) is 0 Å². The molecule has 4 heavy (non-hydrogen) atoms. The fraction of sp³-hybridized carbons (Fsp3) is 0. The van der Waals surface area contributed by atoms with E-state index in [-0.39, 0.29) is 26.5 Å². The zero-order valence-electron chi connectivity index (χ0n) is 1.80. The van der Waals surface area contributed by atoms with Crippen molar-refractivity contribution in [1.82, 2.24) is 0 Å². The Kier molecular flexibility index (Phi) is 123. The minimum absolute atomic E-state index is 0. The molecule has 0 saturated carbocycles. The summed E-state index contributed by atoms with van der Waals surface area (Å²) in [6, 6.07) is 0. The normalized spacial score (nSPS) is 1.50. The quantitative estimate of drug-likeness (QED) is 0.455. The molecule has 1 nitrogen and oxygen atoms in total. The number of hydrogen-bond acceptors (Lipinski definition) is 2. The molecule has 0 spiro atoms. The van der Waals surface area contributed by atoms with Crippen LogP contribution in [0.15, 0.2) is 0 Å². The van der Waals surface area contributed by atoms with Gasteiger partial charge >= 0.3 is 0 Å². The molecule has 0 saturated heterocycles. The van der Waals surface area contributed by atoms with E-state index in [9.17, 15) is 0 Å². The maximum Gasteiger partial charge on any atom is 0 e. The molecule has 2 N–H and O–H groups in total. The molecule has 0 aromatic heterocycles. The minimum atomic E-state index is 0. The van der Waals surface area contributed by atoms with Crippen LogP contribution < -0.4 is 0 Å². The molecular formula is H4OS2W. The van der Waals surface area contributed by atoms with E-state index in [2.05, 4.69) is 23.3 Å². The van der Waals surface area contributed by atoms with Crippen molar-refractivity contribution < 1.29 is 26.5 Å². The molecule has 28 valence electrons. The Hall–Kier alpha value is 1.35. The summed E-state index contributed by atoms with van der Waals surface area (Å²) < 4.78 is 0. The summed E-state index contributed by atoms with van der Waals surface area (Å²) in [6.07, 6.45) is 0. The molecule has 0 radical (unpaired) electrons. The average Bonchev–Trinajstić information content (AvgIpc) is 1.00. The molecule has 0 atom stereocenters. The van der Waals surface area contributed by atoms with Crippen molar-refractivity contribution in [2.75, 3.05) is 0 Å². The SMILES string of the molecule is O.SS.[W]. The zero-order chi connectivity index (χ0) is 2.00. The molecule has 0 aromatic rings. The van der Waals surface area contributed by atoms with Crippen molar-refractivity contribution in [1.29, 1.82) is 0 Å². The minimum Gasteiger partial charge on any atom is -0.412 e. The Morgan fingerprint density at radius 3 is 1.00 bits per heavy atom. The second-order valence-corrected chi connectivity index (χ2v) is 0. The Morgan fingerprint density at radius 1 is 1.00 bits per heavy atom. The standard InChI is InChI=1S/H2O.H2S2.W/c;1-2;/h1H2;1-2H;. The third kappa shape index (κ3) is 10.2. The van der Waals surface area contributed by atoms with Gasteiger partial charge in [-0.1, -0.05) is 0 Å². The van der Waals surface area contributed by atoms with E-state index in [0.29, 0.717) is 0 Å². The van der Waals surface area contributed by atoms with Crippen LogP contribution >= 0.6 is 23.3 Å². The maximum atomic E-state index is 3.22. The van der Waals surface area contributed by atoms with Gasteiger partial charge in [0.25, 0.3) is 0 Å². The first kappa shape index (κ1) is 18.3. The van der Waals surface area contributed by atoms with E-state index in [1.165, 1.54) is 0 Å². The van der Waals surface area contributed by atoms with Crippen LogP contribution in [-0.2, 0) is 21.1 Å². The van der Waals surface area contributed by atoms with E-state index >= 15 is 0 Å². The predicted molar refractivity (Wildman–Crippen MR) is 21.6 cm³/mol. The average molecular weight is 268 g/mol. The van der Waals surface area contributed by atoms with Gasteiger partial charge in [0.15, 0.2) is 0 Å². The van der Waals surface area contributed by atoms with E-state index < -0.39 is 0 Å². The molecule has 0 rings (SSSR count). The second-order valence-electron chi connectivity index (χ2n) is 0. The van der Waals surface area contributed by atoms with Crippen molar-refractivity contribution in [3.63, 3.8) is 0 Å². The molecule has 0 unspecified atom stereocenters. The zero-order valence-corrected chi connectivity index (χ0v) is 6.52. The maximum absolute atomic E-state index is 3.22. The molecular weight excluding hydrogens is 264 g/mol. The van der Waals surface area contributed by atoms with Gasteiger partial charge in [-0.05, 0) is 0 Å². The second kappa shape index (κ2) is 26.8. The summed E-state index contributed by atoms with van der Waals surface area (Å²) in [5, 5.41) is 0. The van der Waals surface area contributed by atoms with Gasteiger partial charge in [-0.25, -0.2) is 0 Å². The molecule has 0 aromatic carbocycles. The first-order chi connectivity index (χ1) is 1.00. The van der Waals surface area contributed by atoms with Gasteiger partial charge in [0.05, 0.1) is 0 Å². The molecule has 0 aliphatic heterocycles. The predicted octanol–water partition coefficient (Wildman–Crippen LogP) is -0.0662. The van der Waals surface area contributed by atoms with Crippen LogP contribution in [0.5, 0.6) is 0 Å².